The first-order chi connectivity index (χ1) is 10.3. The second-order valence-corrected chi connectivity index (χ2v) is 6.45. The summed E-state index contributed by atoms with van der Waals surface area (Å²) in [5, 5.41) is 5.21. The summed E-state index contributed by atoms with van der Waals surface area (Å²) in [4.78, 5) is 0. The zero-order valence-electron chi connectivity index (χ0n) is 11.4. The first-order valence-corrected chi connectivity index (χ1v) is 8.07. The summed E-state index contributed by atoms with van der Waals surface area (Å²) in [5.41, 5.74) is 2.62. The van der Waals surface area contributed by atoms with E-state index in [-0.39, 0.29) is 0 Å². The Hall–Kier alpha value is -1.87. The van der Waals surface area contributed by atoms with Gasteiger partial charge in [-0.15, -0.1) is 0 Å². The maximum absolute atomic E-state index is 2.40. The lowest BCUT2D eigenvalue weighted by Gasteiger charge is -2.11. The number of fused-ring (bicyclic) bond motifs is 2. The van der Waals surface area contributed by atoms with Crippen molar-refractivity contribution in [1.29, 1.82) is 0 Å². The van der Waals surface area contributed by atoms with Crippen LogP contribution in [0, 0.1) is 3.57 Å². The first kappa shape index (κ1) is 12.8. The Labute approximate surface area is 137 Å². The van der Waals surface area contributed by atoms with Gasteiger partial charge in [0, 0.05) is 3.57 Å². The molecule has 0 bridgehead atoms. The van der Waals surface area contributed by atoms with Gasteiger partial charge in [-0.25, -0.2) is 0 Å². The van der Waals surface area contributed by atoms with Gasteiger partial charge >= 0.3 is 0 Å². The highest BCUT2D eigenvalue weighted by Gasteiger charge is 2.08. The Kier molecular flexibility index (Phi) is 3.15. The molecule has 0 fully saturated rings. The third kappa shape index (κ3) is 2.22. The molecule has 0 unspecified atom stereocenters. The number of rotatable bonds is 1. The summed E-state index contributed by atoms with van der Waals surface area (Å²) in [6.45, 7) is 0. The fourth-order valence-corrected chi connectivity index (χ4v) is 3.60. The van der Waals surface area contributed by atoms with E-state index in [1.165, 1.54) is 36.2 Å². The van der Waals surface area contributed by atoms with Crippen molar-refractivity contribution in [1.82, 2.24) is 0 Å². The van der Waals surface area contributed by atoms with Gasteiger partial charge in [-0.05, 0) is 67.4 Å². The van der Waals surface area contributed by atoms with E-state index in [1.54, 1.807) is 0 Å². The van der Waals surface area contributed by atoms with Gasteiger partial charge in [0.05, 0.1) is 0 Å². The molecule has 0 amide bonds. The van der Waals surface area contributed by atoms with E-state index < -0.39 is 0 Å². The smallest absolute Gasteiger partial charge is 0.0142 e. The summed E-state index contributed by atoms with van der Waals surface area (Å²) >= 11 is 2.40. The Bertz CT molecular complexity index is 949. The van der Waals surface area contributed by atoms with Crippen molar-refractivity contribution in [3.05, 3.63) is 82.4 Å². The minimum absolute atomic E-state index is 1.27. The van der Waals surface area contributed by atoms with Gasteiger partial charge in [-0.1, -0.05) is 66.7 Å². The minimum Gasteiger partial charge on any atom is -0.0616 e. The van der Waals surface area contributed by atoms with E-state index >= 15 is 0 Å². The molecule has 0 aliphatic carbocycles. The molecule has 1 heteroatoms. The lowest BCUT2D eigenvalue weighted by Crippen LogP contribution is -1.85. The van der Waals surface area contributed by atoms with Crippen molar-refractivity contribution >= 4 is 44.1 Å². The molecule has 0 aromatic heterocycles. The fraction of sp³-hybridized carbons (Fsp3) is 0. The topological polar surface area (TPSA) is 0 Å². The van der Waals surface area contributed by atoms with Crippen LogP contribution in [0.25, 0.3) is 32.7 Å². The molecule has 0 saturated heterocycles. The average molecular weight is 380 g/mol. The maximum atomic E-state index is 2.40. The quantitative estimate of drug-likeness (QED) is 0.342. The largest absolute Gasteiger partial charge is 0.0616 e. The van der Waals surface area contributed by atoms with Gasteiger partial charge in [0.2, 0.25) is 0 Å². The number of hydrogen-bond acceptors (Lipinski definition) is 0. The second-order valence-electron chi connectivity index (χ2n) is 5.20. The molecule has 0 aliphatic heterocycles. The molecule has 0 saturated carbocycles. The normalized spacial score (nSPS) is 11.1. The predicted molar refractivity (Wildman–Crippen MR) is 99.6 cm³/mol. The summed E-state index contributed by atoms with van der Waals surface area (Å²) in [6.07, 6.45) is 0. The standard InChI is InChI=1S/C20H13I/c21-16-12-15-7-2-4-10-18(15)20(13-16)19-11-5-8-14-6-1-3-9-17(14)19/h1-13H. The Balaban J connectivity index is 2.14. The number of benzene rings is 4. The van der Waals surface area contributed by atoms with Crippen LogP contribution in [0.5, 0.6) is 0 Å². The molecule has 0 spiro atoms. The third-order valence-electron chi connectivity index (χ3n) is 3.91. The van der Waals surface area contributed by atoms with Crippen LogP contribution in [0.1, 0.15) is 0 Å². The number of halogens is 1. The molecule has 0 nitrogen and oxygen atoms in total. The molecule has 21 heavy (non-hydrogen) atoms. The highest BCUT2D eigenvalue weighted by molar-refractivity contribution is 14.1. The van der Waals surface area contributed by atoms with Gasteiger partial charge in [-0.3, -0.25) is 0 Å². The van der Waals surface area contributed by atoms with Crippen LogP contribution in [0.4, 0.5) is 0 Å². The Morgan fingerprint density at radius 3 is 1.95 bits per heavy atom. The van der Waals surface area contributed by atoms with Crippen molar-refractivity contribution in [3.8, 4) is 11.1 Å². The van der Waals surface area contributed by atoms with Crippen LogP contribution in [0.3, 0.4) is 0 Å². The Morgan fingerprint density at radius 1 is 0.524 bits per heavy atom. The van der Waals surface area contributed by atoms with Crippen LogP contribution in [0.2, 0.25) is 0 Å². The van der Waals surface area contributed by atoms with E-state index in [9.17, 15) is 0 Å². The zero-order chi connectivity index (χ0) is 14.2. The van der Waals surface area contributed by atoms with Crippen LogP contribution in [-0.2, 0) is 0 Å². The van der Waals surface area contributed by atoms with E-state index in [1.807, 2.05) is 0 Å². The fourth-order valence-electron chi connectivity index (χ4n) is 2.96. The number of hydrogen-bond donors (Lipinski definition) is 0. The maximum Gasteiger partial charge on any atom is 0.0142 e. The van der Waals surface area contributed by atoms with Crippen LogP contribution >= 0.6 is 22.6 Å². The summed E-state index contributed by atoms with van der Waals surface area (Å²) in [7, 11) is 0. The average Bonchev–Trinajstić information content (AvgIpc) is 2.53. The van der Waals surface area contributed by atoms with Crippen LogP contribution in [0.15, 0.2) is 78.9 Å². The van der Waals surface area contributed by atoms with E-state index in [2.05, 4.69) is 101 Å². The van der Waals surface area contributed by atoms with Crippen molar-refractivity contribution in [3.63, 3.8) is 0 Å². The molecule has 100 valence electrons. The van der Waals surface area contributed by atoms with Gasteiger partial charge in [0.25, 0.3) is 0 Å². The van der Waals surface area contributed by atoms with E-state index in [4.69, 9.17) is 0 Å². The van der Waals surface area contributed by atoms with Gasteiger partial charge in [-0.2, -0.15) is 0 Å². The van der Waals surface area contributed by atoms with Crippen molar-refractivity contribution in [2.24, 2.45) is 0 Å². The van der Waals surface area contributed by atoms with Crippen molar-refractivity contribution in [2.45, 2.75) is 0 Å². The SMILES string of the molecule is Ic1cc(-c2cccc3ccccc23)c2ccccc2c1. The molecular formula is C20H13I. The Morgan fingerprint density at radius 2 is 1.14 bits per heavy atom. The van der Waals surface area contributed by atoms with Crippen LogP contribution < -0.4 is 0 Å². The molecule has 4 rings (SSSR count). The molecule has 4 aromatic rings. The van der Waals surface area contributed by atoms with Gasteiger partial charge < -0.3 is 0 Å². The zero-order valence-corrected chi connectivity index (χ0v) is 13.5. The van der Waals surface area contributed by atoms with Gasteiger partial charge in [0.15, 0.2) is 0 Å². The highest BCUT2D eigenvalue weighted by atomic mass is 127. The first-order valence-electron chi connectivity index (χ1n) is 6.99. The van der Waals surface area contributed by atoms with Crippen LogP contribution in [-0.4, -0.2) is 0 Å². The summed E-state index contributed by atoms with van der Waals surface area (Å²) < 4.78 is 1.27. The molecular weight excluding hydrogens is 367 g/mol. The third-order valence-corrected chi connectivity index (χ3v) is 4.53. The van der Waals surface area contributed by atoms with E-state index in [0.29, 0.717) is 0 Å². The lowest BCUT2D eigenvalue weighted by atomic mass is 9.94. The van der Waals surface area contributed by atoms with E-state index in [0.717, 1.165) is 0 Å². The van der Waals surface area contributed by atoms with Crippen molar-refractivity contribution < 1.29 is 0 Å². The minimum atomic E-state index is 1.27. The lowest BCUT2D eigenvalue weighted by molar-refractivity contribution is 1.65. The molecule has 0 radical (unpaired) electrons. The summed E-state index contributed by atoms with van der Waals surface area (Å²) in [6, 6.07) is 28.3. The molecule has 4 aromatic carbocycles. The van der Waals surface area contributed by atoms with Gasteiger partial charge in [0.1, 0.15) is 0 Å². The molecule has 0 aliphatic rings. The molecule has 0 atom stereocenters. The predicted octanol–water partition coefficient (Wildman–Crippen LogP) is 6.26. The van der Waals surface area contributed by atoms with Crippen molar-refractivity contribution in [2.75, 3.05) is 0 Å². The second kappa shape index (κ2) is 5.15. The molecule has 0 heterocycles. The summed E-state index contributed by atoms with van der Waals surface area (Å²) in [5.74, 6) is 0. The molecule has 0 N–H and O–H groups in total. The highest BCUT2D eigenvalue weighted by Crippen LogP contribution is 2.35. The monoisotopic (exact) mass is 380 g/mol.